The quantitative estimate of drug-likeness (QED) is 0.806. The molecule has 2 aromatic carbocycles. The van der Waals surface area contributed by atoms with Crippen molar-refractivity contribution in [2.45, 2.75) is 13.0 Å². The van der Waals surface area contributed by atoms with Crippen molar-refractivity contribution in [3.05, 3.63) is 66.2 Å². The van der Waals surface area contributed by atoms with Gasteiger partial charge in [0.25, 0.3) is 0 Å². The Balaban J connectivity index is 1.69. The molecule has 1 aliphatic heterocycles. The van der Waals surface area contributed by atoms with Crippen LogP contribution in [0.25, 0.3) is 0 Å². The summed E-state index contributed by atoms with van der Waals surface area (Å²) in [6.07, 6.45) is -2.08. The lowest BCUT2D eigenvalue weighted by atomic mass is 10.1. The highest BCUT2D eigenvalue weighted by molar-refractivity contribution is 8.28. The maximum atomic E-state index is 5.99. The summed E-state index contributed by atoms with van der Waals surface area (Å²) in [5, 5.41) is 4.22. The number of para-hydroxylation sites is 1. The average molecular weight is 348 g/mol. The van der Waals surface area contributed by atoms with Crippen LogP contribution in [0.15, 0.2) is 65.7 Å². The van der Waals surface area contributed by atoms with E-state index in [4.69, 9.17) is 21.3 Å². The Morgan fingerprint density at radius 2 is 1.77 bits per heavy atom. The fourth-order valence-corrected chi connectivity index (χ4v) is 6.70. The van der Waals surface area contributed by atoms with Gasteiger partial charge >= 0.3 is 0 Å². The minimum absolute atomic E-state index is 0.106. The molecule has 1 heterocycles. The fourth-order valence-electron chi connectivity index (χ4n) is 2.11. The minimum atomic E-state index is -2.08. The van der Waals surface area contributed by atoms with E-state index in [1.54, 1.807) is 11.8 Å². The van der Waals surface area contributed by atoms with Gasteiger partial charge in [-0.2, -0.15) is 0 Å². The van der Waals surface area contributed by atoms with E-state index < -0.39 is 6.42 Å². The van der Waals surface area contributed by atoms with E-state index >= 15 is 0 Å². The summed E-state index contributed by atoms with van der Waals surface area (Å²) < 4.78 is 5.99. The Morgan fingerprint density at radius 3 is 2.45 bits per heavy atom. The van der Waals surface area contributed by atoms with E-state index in [0.29, 0.717) is 0 Å². The molecule has 3 rings (SSSR count). The molecule has 0 radical (unpaired) electrons. The molecule has 0 aromatic heterocycles. The van der Waals surface area contributed by atoms with E-state index in [9.17, 15) is 0 Å². The Labute approximate surface area is 140 Å². The van der Waals surface area contributed by atoms with Gasteiger partial charge in [-0.15, -0.1) is 0 Å². The van der Waals surface area contributed by atoms with Crippen molar-refractivity contribution in [1.82, 2.24) is 5.09 Å². The van der Waals surface area contributed by atoms with Crippen LogP contribution in [-0.4, -0.2) is 10.7 Å². The van der Waals surface area contributed by atoms with Crippen molar-refractivity contribution in [3.63, 3.8) is 0 Å². The minimum Gasteiger partial charge on any atom is -0.448 e. The number of nitrogens with one attached hydrogen (secondary N) is 1. The van der Waals surface area contributed by atoms with Gasteiger partial charge in [-0.05, 0) is 36.4 Å². The monoisotopic (exact) mass is 348 g/mol. The summed E-state index contributed by atoms with van der Waals surface area (Å²) in [6.45, 7) is 2.09. The van der Waals surface area contributed by atoms with E-state index in [1.807, 2.05) is 48.5 Å². The van der Waals surface area contributed by atoms with Crippen LogP contribution in [-0.2, 0) is 11.8 Å². The van der Waals surface area contributed by atoms with Crippen LogP contribution in [0, 0.1) is 0 Å². The van der Waals surface area contributed by atoms with Crippen LogP contribution in [0.3, 0.4) is 0 Å². The van der Waals surface area contributed by atoms with Crippen molar-refractivity contribution >= 4 is 35.2 Å². The molecule has 2 aromatic rings. The molecular weight excluding hydrogens is 331 g/mol. The molecule has 0 unspecified atom stereocenters. The molecule has 2 atom stereocenters. The molecule has 22 heavy (non-hydrogen) atoms. The van der Waals surface area contributed by atoms with Crippen molar-refractivity contribution < 1.29 is 4.52 Å². The molecule has 114 valence electrons. The first-order valence-corrected chi connectivity index (χ1v) is 10.9. The predicted molar refractivity (Wildman–Crippen MR) is 99.2 cm³/mol. The highest BCUT2D eigenvalue weighted by Crippen LogP contribution is 2.51. The SMILES string of the molecule is C[C@H](N=C1N[P@@](=S)(Oc2ccccc2)CS1)c1ccccc1. The number of aliphatic imine (C=N–C) groups is 1. The van der Waals surface area contributed by atoms with E-state index in [-0.39, 0.29) is 6.04 Å². The van der Waals surface area contributed by atoms with Crippen molar-refractivity contribution in [2.24, 2.45) is 4.99 Å². The molecule has 1 aliphatic rings. The van der Waals surface area contributed by atoms with Crippen LogP contribution in [0.5, 0.6) is 5.75 Å². The number of amidine groups is 1. The Morgan fingerprint density at radius 1 is 1.14 bits per heavy atom. The summed E-state index contributed by atoms with van der Waals surface area (Å²) in [7, 11) is 0. The zero-order valence-corrected chi connectivity index (χ0v) is 14.7. The average Bonchev–Trinajstić information content (AvgIpc) is 2.90. The molecule has 0 amide bonds. The van der Waals surface area contributed by atoms with Gasteiger partial charge < -0.3 is 9.61 Å². The number of rotatable bonds is 4. The summed E-state index contributed by atoms with van der Waals surface area (Å²) in [6, 6.07) is 20.1. The molecule has 1 N–H and O–H groups in total. The third-order valence-electron chi connectivity index (χ3n) is 3.23. The van der Waals surface area contributed by atoms with Gasteiger partial charge in [-0.3, -0.25) is 4.99 Å². The second kappa shape index (κ2) is 6.86. The standard InChI is InChI=1S/C16H17N2OPS2/c1-13(14-8-4-2-5-9-14)17-16-18-20(21,12-22-16)19-15-10-6-3-7-11-15/h2-11,13H,12H2,1H3,(H,17,18,21)/t13-,20+/m0/s1. The van der Waals surface area contributed by atoms with Gasteiger partial charge in [-0.1, -0.05) is 60.3 Å². The first-order chi connectivity index (χ1) is 10.6. The maximum Gasteiger partial charge on any atom is 0.213 e. The maximum absolute atomic E-state index is 5.99. The normalized spacial score (nSPS) is 24.0. The largest absolute Gasteiger partial charge is 0.448 e. The molecule has 3 nitrogen and oxygen atoms in total. The van der Waals surface area contributed by atoms with Crippen molar-refractivity contribution in [2.75, 3.05) is 5.49 Å². The second-order valence-electron chi connectivity index (χ2n) is 4.98. The summed E-state index contributed by atoms with van der Waals surface area (Å²) in [5.41, 5.74) is 1.96. The number of hydrogen-bond donors (Lipinski definition) is 1. The molecule has 1 fully saturated rings. The molecule has 0 spiro atoms. The smallest absolute Gasteiger partial charge is 0.213 e. The lowest BCUT2D eigenvalue weighted by molar-refractivity contribution is 0.611. The third kappa shape index (κ3) is 3.92. The topological polar surface area (TPSA) is 33.6 Å². The van der Waals surface area contributed by atoms with Crippen LogP contribution in [0.1, 0.15) is 18.5 Å². The molecule has 0 bridgehead atoms. The Bertz CT molecular complexity index is 707. The first kappa shape index (κ1) is 15.6. The number of benzene rings is 2. The van der Waals surface area contributed by atoms with Gasteiger partial charge in [0, 0.05) is 0 Å². The molecular formula is C16H17N2OPS2. The number of nitrogens with zero attached hydrogens (tertiary/aromatic N) is 1. The van der Waals surface area contributed by atoms with Gasteiger partial charge in [0.1, 0.15) is 5.75 Å². The van der Waals surface area contributed by atoms with Gasteiger partial charge in [-0.25, -0.2) is 0 Å². The van der Waals surface area contributed by atoms with Crippen LogP contribution < -0.4 is 9.61 Å². The van der Waals surface area contributed by atoms with Gasteiger partial charge in [0.05, 0.1) is 11.5 Å². The van der Waals surface area contributed by atoms with Crippen LogP contribution in [0.4, 0.5) is 0 Å². The molecule has 0 saturated carbocycles. The molecule has 0 aliphatic carbocycles. The number of thioether (sulfide) groups is 1. The predicted octanol–water partition coefficient (Wildman–Crippen LogP) is 4.79. The Kier molecular flexibility index (Phi) is 4.87. The van der Waals surface area contributed by atoms with Crippen molar-refractivity contribution in [1.29, 1.82) is 0 Å². The first-order valence-electron chi connectivity index (χ1n) is 7.02. The highest BCUT2D eigenvalue weighted by Gasteiger charge is 2.29. The Hall–Kier alpha value is -1.29. The third-order valence-corrected chi connectivity index (χ3v) is 8.24. The van der Waals surface area contributed by atoms with Gasteiger partial charge in [0.15, 0.2) is 5.17 Å². The zero-order valence-electron chi connectivity index (χ0n) is 12.2. The summed E-state index contributed by atoms with van der Waals surface area (Å²) in [5.74, 6) is 0.816. The fraction of sp³-hybridized carbons (Fsp3) is 0.188. The zero-order chi connectivity index (χ0) is 15.4. The second-order valence-corrected chi connectivity index (χ2v) is 10.2. The molecule has 6 heteroatoms. The van der Waals surface area contributed by atoms with Crippen LogP contribution >= 0.6 is 18.2 Å². The van der Waals surface area contributed by atoms with Crippen LogP contribution in [0.2, 0.25) is 0 Å². The van der Waals surface area contributed by atoms with E-state index in [1.165, 1.54) is 5.56 Å². The van der Waals surface area contributed by atoms with Crippen molar-refractivity contribution in [3.8, 4) is 5.75 Å². The van der Waals surface area contributed by atoms with Gasteiger partial charge in [0.2, 0.25) is 6.42 Å². The highest BCUT2D eigenvalue weighted by atomic mass is 32.5. The lowest BCUT2D eigenvalue weighted by Gasteiger charge is -2.17. The van der Waals surface area contributed by atoms with E-state index in [0.717, 1.165) is 16.4 Å². The molecule has 1 saturated heterocycles. The van der Waals surface area contributed by atoms with E-state index in [2.05, 4.69) is 24.1 Å². The summed E-state index contributed by atoms with van der Waals surface area (Å²) in [4.78, 5) is 4.73. The summed E-state index contributed by atoms with van der Waals surface area (Å²) >= 11 is 7.32. The number of hydrogen-bond acceptors (Lipinski definition) is 4. The lowest BCUT2D eigenvalue weighted by Crippen LogP contribution is -2.13.